The van der Waals surface area contributed by atoms with Crippen LogP contribution in [0.5, 0.6) is 0 Å². The number of nitrogens with zero attached hydrogens (tertiary/aromatic N) is 1. The Morgan fingerprint density at radius 1 is 1.00 bits per heavy atom. The van der Waals surface area contributed by atoms with Gasteiger partial charge >= 0.3 is 12.3 Å². The van der Waals surface area contributed by atoms with Crippen LogP contribution in [-0.2, 0) is 16.0 Å². The second kappa shape index (κ2) is 10.3. The Labute approximate surface area is 179 Å². The lowest BCUT2D eigenvalue weighted by Crippen LogP contribution is -2.44. The Hall–Kier alpha value is -3.03. The van der Waals surface area contributed by atoms with E-state index in [1.54, 1.807) is 0 Å². The molecular formula is C23H25F3N2O3. The third-order valence-corrected chi connectivity index (χ3v) is 5.28. The monoisotopic (exact) mass is 434 g/mol. The first-order valence-corrected chi connectivity index (χ1v) is 10.2. The quantitative estimate of drug-likeness (QED) is 0.729. The molecule has 1 N–H and O–H groups in total. The number of hydrogen-bond acceptors (Lipinski definition) is 3. The first kappa shape index (κ1) is 22.7. The average molecular weight is 434 g/mol. The summed E-state index contributed by atoms with van der Waals surface area (Å²) in [7, 11) is 0. The van der Waals surface area contributed by atoms with E-state index in [9.17, 15) is 22.8 Å². The molecular weight excluding hydrogens is 409 g/mol. The molecule has 1 saturated heterocycles. The average Bonchev–Trinajstić information content (AvgIpc) is 2.78. The fourth-order valence-electron chi connectivity index (χ4n) is 3.64. The molecule has 0 radical (unpaired) electrons. The van der Waals surface area contributed by atoms with E-state index < -0.39 is 18.9 Å². The highest BCUT2D eigenvalue weighted by Crippen LogP contribution is 2.23. The Morgan fingerprint density at radius 3 is 2.16 bits per heavy atom. The van der Waals surface area contributed by atoms with Crippen molar-refractivity contribution in [2.24, 2.45) is 5.92 Å². The maximum Gasteiger partial charge on any atom is 0.422 e. The van der Waals surface area contributed by atoms with Gasteiger partial charge in [0.1, 0.15) is 0 Å². The molecule has 31 heavy (non-hydrogen) atoms. The van der Waals surface area contributed by atoms with E-state index in [0.29, 0.717) is 19.3 Å². The lowest BCUT2D eigenvalue weighted by Gasteiger charge is -2.31. The Morgan fingerprint density at radius 2 is 1.58 bits per heavy atom. The molecule has 0 spiro atoms. The van der Waals surface area contributed by atoms with E-state index >= 15 is 0 Å². The highest BCUT2D eigenvalue weighted by Gasteiger charge is 2.33. The minimum absolute atomic E-state index is 0.118. The number of carbonyl (C=O) groups excluding carboxylic acids is 2. The largest absolute Gasteiger partial charge is 0.440 e. The summed E-state index contributed by atoms with van der Waals surface area (Å²) in [6.45, 7) is -1.24. The van der Waals surface area contributed by atoms with Crippen LogP contribution in [0.4, 0.5) is 18.0 Å². The van der Waals surface area contributed by atoms with Gasteiger partial charge in [-0.15, -0.1) is 0 Å². The molecule has 1 heterocycles. The summed E-state index contributed by atoms with van der Waals surface area (Å²) >= 11 is 0. The topological polar surface area (TPSA) is 58.6 Å². The van der Waals surface area contributed by atoms with Crippen LogP contribution >= 0.6 is 0 Å². The van der Waals surface area contributed by atoms with Gasteiger partial charge in [0.2, 0.25) is 5.91 Å². The van der Waals surface area contributed by atoms with Crippen molar-refractivity contribution in [3.8, 4) is 0 Å². The third-order valence-electron chi connectivity index (χ3n) is 5.28. The van der Waals surface area contributed by atoms with E-state index in [4.69, 9.17) is 0 Å². The van der Waals surface area contributed by atoms with Gasteiger partial charge in [0, 0.05) is 19.0 Å². The number of halogens is 3. The van der Waals surface area contributed by atoms with Gasteiger partial charge in [-0.3, -0.25) is 4.79 Å². The van der Waals surface area contributed by atoms with Gasteiger partial charge in [0.25, 0.3) is 0 Å². The predicted octanol–water partition coefficient (Wildman–Crippen LogP) is 4.50. The molecule has 1 fully saturated rings. The predicted molar refractivity (Wildman–Crippen MR) is 109 cm³/mol. The molecule has 0 saturated carbocycles. The summed E-state index contributed by atoms with van der Waals surface area (Å²) in [4.78, 5) is 25.9. The highest BCUT2D eigenvalue weighted by molar-refractivity contribution is 5.79. The van der Waals surface area contributed by atoms with Crippen LogP contribution in [0.1, 0.15) is 30.0 Å². The standard InChI is InChI=1S/C23H25F3N2O3/c24-23(25,26)16-31-22(30)28-13-11-19(12-14-28)21(29)27-20(18-9-5-2-6-10-18)15-17-7-3-1-4-8-17/h1-10,19-20H,11-16H2,(H,27,29)/t20-/m0/s1. The van der Waals surface area contributed by atoms with Gasteiger partial charge < -0.3 is 15.0 Å². The van der Waals surface area contributed by atoms with Crippen LogP contribution in [0.3, 0.4) is 0 Å². The fourth-order valence-corrected chi connectivity index (χ4v) is 3.64. The molecule has 1 atom stereocenters. The van der Waals surface area contributed by atoms with Crippen molar-refractivity contribution in [2.45, 2.75) is 31.5 Å². The molecule has 8 heteroatoms. The van der Waals surface area contributed by atoms with E-state index in [0.717, 1.165) is 11.1 Å². The number of alkyl halides is 3. The van der Waals surface area contributed by atoms with E-state index in [1.165, 1.54) is 4.90 Å². The van der Waals surface area contributed by atoms with Crippen LogP contribution in [0, 0.1) is 5.92 Å². The number of hydrogen-bond donors (Lipinski definition) is 1. The normalized spacial score (nSPS) is 15.9. The van der Waals surface area contributed by atoms with E-state index in [2.05, 4.69) is 10.1 Å². The van der Waals surface area contributed by atoms with E-state index in [-0.39, 0.29) is 31.0 Å². The lowest BCUT2D eigenvalue weighted by molar-refractivity contribution is -0.162. The number of amides is 2. The minimum Gasteiger partial charge on any atom is -0.440 e. The number of carbonyl (C=O) groups is 2. The summed E-state index contributed by atoms with van der Waals surface area (Å²) in [5, 5.41) is 3.12. The van der Waals surface area contributed by atoms with Gasteiger partial charge in [-0.1, -0.05) is 60.7 Å². The zero-order chi connectivity index (χ0) is 22.3. The molecule has 2 aromatic carbocycles. The fraction of sp³-hybridized carbons (Fsp3) is 0.391. The van der Waals surface area contributed by atoms with Crippen molar-refractivity contribution >= 4 is 12.0 Å². The number of likely N-dealkylation sites (tertiary alicyclic amines) is 1. The van der Waals surface area contributed by atoms with Crippen molar-refractivity contribution in [1.82, 2.24) is 10.2 Å². The molecule has 1 aliphatic rings. The third kappa shape index (κ3) is 7.01. The molecule has 1 aliphatic heterocycles. The van der Waals surface area contributed by atoms with Crippen molar-refractivity contribution in [3.05, 3.63) is 71.8 Å². The number of ether oxygens (including phenoxy) is 1. The SMILES string of the molecule is O=C(N[C@@H](Cc1ccccc1)c1ccccc1)C1CCN(C(=O)OCC(F)(F)F)CC1. The first-order chi connectivity index (χ1) is 14.8. The van der Waals surface area contributed by atoms with Crippen LogP contribution in [0.25, 0.3) is 0 Å². The Kier molecular flexibility index (Phi) is 7.55. The summed E-state index contributed by atoms with van der Waals surface area (Å²) in [5.74, 6) is -0.429. The second-order valence-corrected chi connectivity index (χ2v) is 7.59. The lowest BCUT2D eigenvalue weighted by atomic mass is 9.94. The molecule has 0 aliphatic carbocycles. The van der Waals surface area contributed by atoms with Gasteiger partial charge in [-0.05, 0) is 30.4 Å². The van der Waals surface area contributed by atoms with Crippen LogP contribution in [0.15, 0.2) is 60.7 Å². The molecule has 166 valence electrons. The van der Waals surface area contributed by atoms with Gasteiger partial charge in [-0.2, -0.15) is 13.2 Å². The molecule has 0 unspecified atom stereocenters. The Balaban J connectivity index is 1.57. The number of benzene rings is 2. The molecule has 0 bridgehead atoms. The van der Waals surface area contributed by atoms with Crippen molar-refractivity contribution in [1.29, 1.82) is 0 Å². The number of piperidine rings is 1. The molecule has 2 aromatic rings. The van der Waals surface area contributed by atoms with Gasteiger partial charge in [0.15, 0.2) is 6.61 Å². The maximum atomic E-state index is 12.9. The zero-order valence-electron chi connectivity index (χ0n) is 17.0. The summed E-state index contributed by atoms with van der Waals surface area (Å²) < 4.78 is 41.0. The summed E-state index contributed by atoms with van der Waals surface area (Å²) in [5.41, 5.74) is 2.09. The summed E-state index contributed by atoms with van der Waals surface area (Å²) in [6.07, 6.45) is -4.17. The highest BCUT2D eigenvalue weighted by atomic mass is 19.4. The van der Waals surface area contributed by atoms with Crippen molar-refractivity contribution in [2.75, 3.05) is 19.7 Å². The smallest absolute Gasteiger partial charge is 0.422 e. The number of rotatable bonds is 6. The van der Waals surface area contributed by atoms with Gasteiger partial charge in [0.05, 0.1) is 6.04 Å². The van der Waals surface area contributed by atoms with E-state index in [1.807, 2.05) is 60.7 Å². The van der Waals surface area contributed by atoms with Crippen LogP contribution in [0.2, 0.25) is 0 Å². The molecule has 0 aromatic heterocycles. The number of nitrogens with one attached hydrogen (secondary N) is 1. The van der Waals surface area contributed by atoms with Gasteiger partial charge in [-0.25, -0.2) is 4.79 Å². The Bertz CT molecular complexity index is 851. The van der Waals surface area contributed by atoms with Crippen molar-refractivity contribution < 1.29 is 27.5 Å². The maximum absolute atomic E-state index is 12.9. The second-order valence-electron chi connectivity index (χ2n) is 7.59. The molecule has 3 rings (SSSR count). The van der Waals surface area contributed by atoms with Crippen molar-refractivity contribution in [3.63, 3.8) is 0 Å². The zero-order valence-corrected chi connectivity index (χ0v) is 17.0. The molecule has 2 amide bonds. The van der Waals surface area contributed by atoms with Crippen LogP contribution < -0.4 is 5.32 Å². The minimum atomic E-state index is -4.56. The first-order valence-electron chi connectivity index (χ1n) is 10.2. The summed E-state index contributed by atoms with van der Waals surface area (Å²) in [6, 6.07) is 19.3. The molecule has 5 nitrogen and oxygen atoms in total. The van der Waals surface area contributed by atoms with Crippen LogP contribution in [-0.4, -0.2) is 42.8 Å².